The van der Waals surface area contributed by atoms with Crippen LogP contribution in [0.3, 0.4) is 0 Å². The van der Waals surface area contributed by atoms with Crippen molar-refractivity contribution in [3.05, 3.63) is 59.9 Å². The zero-order valence-electron chi connectivity index (χ0n) is 19.3. The van der Waals surface area contributed by atoms with Crippen molar-refractivity contribution in [1.29, 1.82) is 0 Å². The monoisotopic (exact) mass is 430 g/mol. The van der Waals surface area contributed by atoms with E-state index in [1.165, 1.54) is 38.5 Å². The second-order valence-corrected chi connectivity index (χ2v) is 9.53. The van der Waals surface area contributed by atoms with Crippen molar-refractivity contribution < 1.29 is 4.79 Å². The summed E-state index contributed by atoms with van der Waals surface area (Å²) in [5, 5.41) is 0. The molecule has 0 bridgehead atoms. The first kappa shape index (κ1) is 21.2. The molecule has 5 nitrogen and oxygen atoms in total. The van der Waals surface area contributed by atoms with Crippen LogP contribution in [0.25, 0.3) is 16.7 Å². The summed E-state index contributed by atoms with van der Waals surface area (Å²) < 4.78 is 2.15. The smallest absolute Gasteiger partial charge is 0.253 e. The van der Waals surface area contributed by atoms with Crippen LogP contribution in [0, 0.1) is 6.92 Å². The second kappa shape index (κ2) is 9.07. The average Bonchev–Trinajstić information content (AvgIpc) is 3.33. The highest BCUT2D eigenvalue weighted by Crippen LogP contribution is 2.27. The molecule has 1 saturated heterocycles. The maximum absolute atomic E-state index is 13.2. The molecular formula is C27H34N4O. The van der Waals surface area contributed by atoms with E-state index >= 15 is 0 Å². The molecule has 2 aliphatic rings. The molecule has 32 heavy (non-hydrogen) atoms. The maximum Gasteiger partial charge on any atom is 0.253 e. The van der Waals surface area contributed by atoms with E-state index in [1.807, 2.05) is 61.3 Å². The van der Waals surface area contributed by atoms with Crippen LogP contribution < -0.4 is 0 Å². The van der Waals surface area contributed by atoms with Gasteiger partial charge in [-0.1, -0.05) is 37.8 Å². The van der Waals surface area contributed by atoms with Gasteiger partial charge >= 0.3 is 0 Å². The first-order valence-electron chi connectivity index (χ1n) is 12.2. The number of carbonyl (C=O) groups is 1. The minimum absolute atomic E-state index is 0.122. The molecule has 3 aromatic rings. The number of hydrogen-bond acceptors (Lipinski definition) is 3. The number of fused-ring (bicyclic) bond motifs is 1. The third kappa shape index (κ3) is 4.06. The Morgan fingerprint density at radius 1 is 0.969 bits per heavy atom. The average molecular weight is 431 g/mol. The summed E-state index contributed by atoms with van der Waals surface area (Å²) >= 11 is 0. The van der Waals surface area contributed by atoms with Crippen molar-refractivity contribution in [2.45, 2.75) is 64.0 Å². The molecule has 0 radical (unpaired) electrons. The molecule has 5 rings (SSSR count). The quantitative estimate of drug-likeness (QED) is 0.534. The summed E-state index contributed by atoms with van der Waals surface area (Å²) in [6.07, 6.45) is 9.23. The third-order valence-corrected chi connectivity index (χ3v) is 7.50. The van der Waals surface area contributed by atoms with E-state index in [-0.39, 0.29) is 5.91 Å². The molecule has 0 unspecified atom stereocenters. The molecule has 168 valence electrons. The number of rotatable bonds is 4. The predicted octanol–water partition coefficient (Wildman–Crippen LogP) is 5.20. The Morgan fingerprint density at radius 2 is 1.69 bits per heavy atom. The molecule has 2 fully saturated rings. The highest BCUT2D eigenvalue weighted by atomic mass is 16.2. The van der Waals surface area contributed by atoms with Crippen molar-refractivity contribution in [3.63, 3.8) is 0 Å². The van der Waals surface area contributed by atoms with E-state index in [1.54, 1.807) is 0 Å². The molecule has 1 saturated carbocycles. The Hall–Kier alpha value is -2.66. The van der Waals surface area contributed by atoms with Crippen LogP contribution in [0.1, 0.15) is 61.1 Å². The molecule has 0 N–H and O–H groups in total. The summed E-state index contributed by atoms with van der Waals surface area (Å²) in [4.78, 5) is 22.5. The van der Waals surface area contributed by atoms with E-state index in [4.69, 9.17) is 0 Å². The lowest BCUT2D eigenvalue weighted by Gasteiger charge is -2.29. The van der Waals surface area contributed by atoms with Gasteiger partial charge in [0.25, 0.3) is 5.91 Å². The Labute approximate surface area is 191 Å². The largest absolute Gasteiger partial charge is 0.337 e. The van der Waals surface area contributed by atoms with Crippen LogP contribution in [0.5, 0.6) is 0 Å². The molecule has 5 heteroatoms. The molecular weight excluding hydrogens is 396 g/mol. The standard InChI is InChI=1S/C27H34N4O/c1-20-28-25-11-7-8-12-26(25)31(20)23-15-13-21(14-16-23)27(32)29(2)24-17-18-30(19-24)22-9-5-3-4-6-10-22/h7-8,11-16,22,24H,3-6,9-10,17-19H2,1-2H3/t24-/m1/s1. The highest BCUT2D eigenvalue weighted by molar-refractivity contribution is 5.94. The first-order chi connectivity index (χ1) is 15.6. The van der Waals surface area contributed by atoms with Gasteiger partial charge in [0.1, 0.15) is 5.82 Å². The lowest BCUT2D eigenvalue weighted by Crippen LogP contribution is -2.41. The highest BCUT2D eigenvalue weighted by Gasteiger charge is 2.32. The van der Waals surface area contributed by atoms with E-state index in [9.17, 15) is 4.79 Å². The number of amides is 1. The predicted molar refractivity (Wildman–Crippen MR) is 129 cm³/mol. The van der Waals surface area contributed by atoms with Gasteiger partial charge in [-0.25, -0.2) is 4.98 Å². The second-order valence-electron chi connectivity index (χ2n) is 9.53. The fraction of sp³-hybridized carbons (Fsp3) is 0.481. The van der Waals surface area contributed by atoms with Crippen molar-refractivity contribution >= 4 is 16.9 Å². The minimum atomic E-state index is 0.122. The molecule has 0 spiro atoms. The zero-order valence-corrected chi connectivity index (χ0v) is 19.3. The van der Waals surface area contributed by atoms with Crippen LogP contribution in [-0.4, -0.2) is 57.5 Å². The van der Waals surface area contributed by atoms with Crippen LogP contribution in [-0.2, 0) is 0 Å². The Bertz CT molecular complexity index is 1080. The number of likely N-dealkylation sites (tertiary alicyclic amines) is 1. The van der Waals surface area contributed by atoms with Crippen LogP contribution in [0.15, 0.2) is 48.5 Å². The number of aryl methyl sites for hydroxylation is 1. The number of benzene rings is 2. The minimum Gasteiger partial charge on any atom is -0.337 e. The molecule has 1 aliphatic heterocycles. The zero-order chi connectivity index (χ0) is 22.1. The maximum atomic E-state index is 13.2. The van der Waals surface area contributed by atoms with Crippen molar-refractivity contribution in [2.75, 3.05) is 20.1 Å². The summed E-state index contributed by atoms with van der Waals surface area (Å²) in [5.41, 5.74) is 3.87. The third-order valence-electron chi connectivity index (χ3n) is 7.50. The van der Waals surface area contributed by atoms with E-state index < -0.39 is 0 Å². The van der Waals surface area contributed by atoms with Gasteiger partial charge in [-0.05, 0) is 62.6 Å². The van der Waals surface area contributed by atoms with Gasteiger partial charge in [0, 0.05) is 43.5 Å². The summed E-state index contributed by atoms with van der Waals surface area (Å²) in [6, 6.07) is 17.2. The summed E-state index contributed by atoms with van der Waals surface area (Å²) in [6.45, 7) is 4.16. The Morgan fingerprint density at radius 3 is 2.44 bits per heavy atom. The van der Waals surface area contributed by atoms with Gasteiger partial charge in [-0.15, -0.1) is 0 Å². The van der Waals surface area contributed by atoms with E-state index in [0.29, 0.717) is 6.04 Å². The summed E-state index contributed by atoms with van der Waals surface area (Å²) in [5.74, 6) is 1.07. The lowest BCUT2D eigenvalue weighted by atomic mass is 10.1. The van der Waals surface area contributed by atoms with Crippen LogP contribution in [0.4, 0.5) is 0 Å². The fourth-order valence-electron chi connectivity index (χ4n) is 5.63. The molecule has 1 atom stereocenters. The van der Waals surface area contributed by atoms with Gasteiger partial charge in [0.2, 0.25) is 0 Å². The number of nitrogens with zero attached hydrogens (tertiary/aromatic N) is 4. The van der Waals surface area contributed by atoms with E-state index in [0.717, 1.165) is 53.7 Å². The normalized spacial score (nSPS) is 20.5. The fourth-order valence-corrected chi connectivity index (χ4v) is 5.63. The van der Waals surface area contributed by atoms with E-state index in [2.05, 4.69) is 20.5 Å². The lowest BCUT2D eigenvalue weighted by molar-refractivity contribution is 0.0729. The first-order valence-corrected chi connectivity index (χ1v) is 12.2. The van der Waals surface area contributed by atoms with Gasteiger partial charge in [0.15, 0.2) is 0 Å². The number of para-hydroxylation sites is 2. The molecule has 1 aromatic heterocycles. The number of hydrogen-bond donors (Lipinski definition) is 0. The molecule has 2 aromatic carbocycles. The molecule has 1 aliphatic carbocycles. The molecule has 1 amide bonds. The molecule has 2 heterocycles. The Kier molecular flexibility index (Phi) is 6.01. The van der Waals surface area contributed by atoms with Gasteiger partial charge in [0.05, 0.1) is 11.0 Å². The van der Waals surface area contributed by atoms with Crippen molar-refractivity contribution in [2.24, 2.45) is 0 Å². The topological polar surface area (TPSA) is 41.4 Å². The van der Waals surface area contributed by atoms with Crippen LogP contribution in [0.2, 0.25) is 0 Å². The summed E-state index contributed by atoms with van der Waals surface area (Å²) in [7, 11) is 1.98. The Balaban J connectivity index is 1.28. The van der Waals surface area contributed by atoms with Gasteiger partial charge in [-0.3, -0.25) is 14.3 Å². The number of aromatic nitrogens is 2. The number of likely N-dealkylation sites (N-methyl/N-ethyl adjacent to an activating group) is 1. The number of imidazole rings is 1. The SMILES string of the molecule is Cc1nc2ccccc2n1-c1ccc(C(=O)N(C)[C@@H]2CCN(C3CCCCCC3)C2)cc1. The van der Waals surface area contributed by atoms with Crippen molar-refractivity contribution in [1.82, 2.24) is 19.4 Å². The number of carbonyl (C=O) groups excluding carboxylic acids is 1. The van der Waals surface area contributed by atoms with Crippen LogP contribution >= 0.6 is 0 Å². The van der Waals surface area contributed by atoms with Gasteiger partial charge in [-0.2, -0.15) is 0 Å². The van der Waals surface area contributed by atoms with Crippen molar-refractivity contribution in [3.8, 4) is 5.69 Å². The van der Waals surface area contributed by atoms with Gasteiger partial charge < -0.3 is 4.90 Å².